The van der Waals surface area contributed by atoms with E-state index in [1.54, 1.807) is 0 Å². The summed E-state index contributed by atoms with van der Waals surface area (Å²) in [6, 6.07) is 5.84. The van der Waals surface area contributed by atoms with Crippen LogP contribution in [-0.2, 0) is 9.84 Å². The van der Waals surface area contributed by atoms with Gasteiger partial charge in [0.1, 0.15) is 11.6 Å². The molecule has 1 atom stereocenters. The Morgan fingerprint density at radius 1 is 1.08 bits per heavy atom. The molecule has 2 rings (SSSR count). The predicted octanol–water partition coefficient (Wildman–Crippen LogP) is 4.47. The number of nitrogens with zero attached hydrogens (tertiary/aromatic N) is 1. The van der Waals surface area contributed by atoms with Crippen molar-refractivity contribution in [3.63, 3.8) is 0 Å². The van der Waals surface area contributed by atoms with Crippen LogP contribution in [0.25, 0.3) is 0 Å². The first-order valence-corrected chi connectivity index (χ1v) is 10.3. The van der Waals surface area contributed by atoms with E-state index >= 15 is 0 Å². The molecule has 0 saturated carbocycles. The van der Waals surface area contributed by atoms with Gasteiger partial charge in [0.05, 0.1) is 16.9 Å². The molecule has 0 saturated heterocycles. The maximum absolute atomic E-state index is 13.6. The summed E-state index contributed by atoms with van der Waals surface area (Å²) in [6.45, 7) is 0. The Balaban J connectivity index is 1.72. The Kier molecular flexibility index (Phi) is 7.49. The minimum Gasteiger partial charge on any atom is -0.388 e. The largest absolute Gasteiger partial charge is 0.388 e. The second-order valence-electron chi connectivity index (χ2n) is 6.02. The molecule has 4 nitrogen and oxygen atoms in total. The van der Waals surface area contributed by atoms with Crippen molar-refractivity contribution in [3.8, 4) is 0 Å². The third kappa shape index (κ3) is 6.00. The molecule has 0 spiro atoms. The zero-order valence-electron chi connectivity index (χ0n) is 14.0. The molecular weight excluding hydrogens is 384 g/mol. The van der Waals surface area contributed by atoms with Crippen LogP contribution in [0.1, 0.15) is 43.8 Å². The molecule has 1 aromatic carbocycles. The van der Waals surface area contributed by atoms with E-state index in [-0.39, 0.29) is 22.8 Å². The molecule has 0 radical (unpaired) electrons. The lowest BCUT2D eigenvalue weighted by atomic mass is 10.0. The van der Waals surface area contributed by atoms with Crippen LogP contribution in [0.3, 0.4) is 0 Å². The van der Waals surface area contributed by atoms with Gasteiger partial charge in [0.25, 0.3) is 0 Å². The molecule has 0 aliphatic heterocycles. The zero-order valence-corrected chi connectivity index (χ0v) is 15.6. The topological polar surface area (TPSA) is 67.3 Å². The number of aliphatic hydroxyl groups excluding tert-OH is 1. The molecule has 2 aromatic rings. The van der Waals surface area contributed by atoms with Crippen molar-refractivity contribution >= 4 is 21.4 Å². The fourth-order valence-electron chi connectivity index (χ4n) is 2.56. The highest BCUT2D eigenvalue weighted by Gasteiger charge is 2.16. The van der Waals surface area contributed by atoms with Gasteiger partial charge in [-0.15, -0.1) is 0 Å². The van der Waals surface area contributed by atoms with Gasteiger partial charge in [-0.05, 0) is 43.2 Å². The molecule has 1 aromatic heterocycles. The molecule has 1 N–H and O–H groups in total. The minimum atomic E-state index is -3.44. The molecular formula is C18H20ClF2NO3S. The molecule has 0 bridgehead atoms. The third-order valence-corrected chi connectivity index (χ3v) is 5.91. The minimum absolute atomic E-state index is 0.00102. The van der Waals surface area contributed by atoms with Crippen LogP contribution in [0.5, 0.6) is 0 Å². The Labute approximate surface area is 156 Å². The summed E-state index contributed by atoms with van der Waals surface area (Å²) in [5.74, 6) is -1.26. The van der Waals surface area contributed by atoms with Crippen molar-refractivity contribution in [1.82, 2.24) is 4.98 Å². The fraction of sp³-hybridized carbons (Fsp3) is 0.389. The molecule has 8 heteroatoms. The van der Waals surface area contributed by atoms with Crippen molar-refractivity contribution < 1.29 is 22.3 Å². The van der Waals surface area contributed by atoms with E-state index in [1.807, 2.05) is 0 Å². The number of aliphatic hydroxyl groups is 1. The lowest BCUT2D eigenvalue weighted by molar-refractivity contribution is 0.158. The second kappa shape index (κ2) is 9.39. The summed E-state index contributed by atoms with van der Waals surface area (Å²) < 4.78 is 50.9. The van der Waals surface area contributed by atoms with Gasteiger partial charge < -0.3 is 5.11 Å². The Hall–Kier alpha value is -1.57. The molecule has 1 unspecified atom stereocenters. The summed E-state index contributed by atoms with van der Waals surface area (Å²) in [5.41, 5.74) is -0.0543. The second-order valence-corrected chi connectivity index (χ2v) is 8.51. The van der Waals surface area contributed by atoms with E-state index in [4.69, 9.17) is 11.6 Å². The van der Waals surface area contributed by atoms with Crippen molar-refractivity contribution in [2.24, 2.45) is 0 Å². The first-order valence-electron chi connectivity index (χ1n) is 8.27. The van der Waals surface area contributed by atoms with Crippen molar-refractivity contribution in [2.75, 3.05) is 5.75 Å². The molecule has 142 valence electrons. The lowest BCUT2D eigenvalue weighted by Gasteiger charge is -2.12. The van der Waals surface area contributed by atoms with Crippen LogP contribution in [-0.4, -0.2) is 24.3 Å². The third-order valence-electron chi connectivity index (χ3n) is 3.98. The van der Waals surface area contributed by atoms with Crippen LogP contribution in [0.2, 0.25) is 5.02 Å². The van der Waals surface area contributed by atoms with Crippen LogP contribution in [0.15, 0.2) is 41.6 Å². The molecule has 0 fully saturated rings. The number of unbranched alkanes of at least 4 members (excludes halogenated alkanes) is 3. The van der Waals surface area contributed by atoms with Gasteiger partial charge in [-0.2, -0.15) is 0 Å². The van der Waals surface area contributed by atoms with E-state index in [0.29, 0.717) is 30.7 Å². The van der Waals surface area contributed by atoms with Crippen molar-refractivity contribution in [3.05, 3.63) is 58.7 Å². The number of aromatic nitrogens is 1. The summed E-state index contributed by atoms with van der Waals surface area (Å²) in [5, 5.41) is 10.3. The summed E-state index contributed by atoms with van der Waals surface area (Å²) >= 11 is 5.69. The Morgan fingerprint density at radius 2 is 1.81 bits per heavy atom. The first-order chi connectivity index (χ1) is 12.3. The van der Waals surface area contributed by atoms with Gasteiger partial charge in [0, 0.05) is 11.8 Å². The standard InChI is InChI=1S/C18H20ClF2NO3S/c19-13-6-9-18(22-12-13)26(24,25)10-4-2-1-3-5-17(23)15-11-14(20)7-8-16(15)21/h6-9,11-12,17,23H,1-5,10H2. The normalized spacial score (nSPS) is 12.9. The van der Waals surface area contributed by atoms with E-state index in [2.05, 4.69) is 4.98 Å². The van der Waals surface area contributed by atoms with Gasteiger partial charge in [0.2, 0.25) is 0 Å². The number of rotatable bonds is 9. The summed E-state index contributed by atoms with van der Waals surface area (Å²) in [6.07, 6.45) is 2.86. The van der Waals surface area contributed by atoms with Gasteiger partial charge >= 0.3 is 0 Å². The Bertz CT molecular complexity index is 829. The fourth-order valence-corrected chi connectivity index (χ4v) is 3.95. The van der Waals surface area contributed by atoms with Gasteiger partial charge in [-0.25, -0.2) is 22.2 Å². The monoisotopic (exact) mass is 403 g/mol. The van der Waals surface area contributed by atoms with Crippen LogP contribution >= 0.6 is 11.6 Å². The lowest BCUT2D eigenvalue weighted by Crippen LogP contribution is -2.08. The van der Waals surface area contributed by atoms with Crippen molar-refractivity contribution in [2.45, 2.75) is 43.2 Å². The maximum Gasteiger partial charge on any atom is 0.195 e. The van der Waals surface area contributed by atoms with Crippen LogP contribution in [0.4, 0.5) is 8.78 Å². The SMILES string of the molecule is O=S(=O)(CCCCCCC(O)c1cc(F)ccc1F)c1ccc(Cl)cn1. The van der Waals surface area contributed by atoms with Crippen LogP contribution < -0.4 is 0 Å². The van der Waals surface area contributed by atoms with E-state index in [9.17, 15) is 22.3 Å². The number of benzene rings is 1. The molecule has 0 aliphatic rings. The predicted molar refractivity (Wildman–Crippen MR) is 95.7 cm³/mol. The van der Waals surface area contributed by atoms with Gasteiger partial charge in [0.15, 0.2) is 14.9 Å². The molecule has 26 heavy (non-hydrogen) atoms. The average Bonchev–Trinajstić information content (AvgIpc) is 2.60. The quantitative estimate of drug-likeness (QED) is 0.627. The zero-order chi connectivity index (χ0) is 19.2. The van der Waals surface area contributed by atoms with Crippen LogP contribution in [0, 0.1) is 11.6 Å². The number of sulfone groups is 1. The van der Waals surface area contributed by atoms with Crippen molar-refractivity contribution in [1.29, 1.82) is 0 Å². The highest BCUT2D eigenvalue weighted by molar-refractivity contribution is 7.91. The smallest absolute Gasteiger partial charge is 0.195 e. The number of halogens is 3. The average molecular weight is 404 g/mol. The maximum atomic E-state index is 13.6. The highest BCUT2D eigenvalue weighted by Crippen LogP contribution is 2.23. The van der Waals surface area contributed by atoms with Gasteiger partial charge in [-0.1, -0.05) is 30.9 Å². The van der Waals surface area contributed by atoms with Gasteiger partial charge in [-0.3, -0.25) is 0 Å². The molecule has 0 aliphatic carbocycles. The van der Waals surface area contributed by atoms with E-state index in [1.165, 1.54) is 18.3 Å². The summed E-state index contributed by atoms with van der Waals surface area (Å²) in [7, 11) is -3.44. The summed E-state index contributed by atoms with van der Waals surface area (Å²) in [4.78, 5) is 3.82. The Morgan fingerprint density at radius 3 is 2.50 bits per heavy atom. The number of pyridine rings is 1. The first kappa shape index (κ1) is 20.7. The number of hydrogen-bond acceptors (Lipinski definition) is 4. The number of hydrogen-bond donors (Lipinski definition) is 1. The molecule has 1 heterocycles. The van der Waals surface area contributed by atoms with E-state index < -0.39 is 27.6 Å². The van der Waals surface area contributed by atoms with E-state index in [0.717, 1.165) is 18.2 Å². The highest BCUT2D eigenvalue weighted by atomic mass is 35.5. The molecule has 0 amide bonds.